The van der Waals surface area contributed by atoms with Gasteiger partial charge in [0, 0.05) is 0 Å². The van der Waals surface area contributed by atoms with E-state index < -0.39 is 14.5 Å². The number of hydrogen-bond donors (Lipinski definition) is 0. The van der Waals surface area contributed by atoms with E-state index in [2.05, 4.69) is 83.1 Å². The Morgan fingerprint density at radius 2 is 0.559 bits per heavy atom. The molecule has 0 spiro atoms. The van der Waals surface area contributed by atoms with Crippen LogP contribution in [0.2, 0.25) is 0 Å². The van der Waals surface area contributed by atoms with Crippen molar-refractivity contribution < 1.29 is 0 Å². The van der Waals surface area contributed by atoms with E-state index in [1.54, 1.807) is 49.3 Å². The molecule has 0 aliphatic carbocycles. The molecule has 0 radical (unpaired) electrons. The van der Waals surface area contributed by atoms with E-state index in [1.165, 1.54) is 51.4 Å². The van der Waals surface area contributed by atoms with E-state index >= 15 is 0 Å². The summed E-state index contributed by atoms with van der Waals surface area (Å²) in [4.78, 5) is 0. The normalized spacial score (nSPS) is 13.6. The molecule has 2 heteroatoms. The van der Waals surface area contributed by atoms with Gasteiger partial charge in [0.2, 0.25) is 0 Å². The molecule has 0 amide bonds. The molecule has 34 heavy (non-hydrogen) atoms. The van der Waals surface area contributed by atoms with Gasteiger partial charge < -0.3 is 0 Å². The van der Waals surface area contributed by atoms with Crippen LogP contribution in [0.3, 0.4) is 0 Å². The van der Waals surface area contributed by atoms with Crippen molar-refractivity contribution in [2.45, 2.75) is 134 Å². The Morgan fingerprint density at radius 1 is 0.353 bits per heavy atom. The standard InChI is InChI=1S/2C16H37P/c1-13(2)9-17(10-14(3)4,11-15(5)6)12-16(7)8;1-5-9-13-17(14-10-6-2,15-11-7-3)16-12-8-4/h13-17H,9-12H2,1-8H3;17H,5-16H2,1-4H3. The Morgan fingerprint density at radius 3 is 0.706 bits per heavy atom. The maximum absolute atomic E-state index is 2.42. The minimum atomic E-state index is -1.05. The Hall–Kier alpha value is 0.860. The fraction of sp³-hybridized carbons (Fsp3) is 1.00. The van der Waals surface area contributed by atoms with E-state index in [9.17, 15) is 0 Å². The van der Waals surface area contributed by atoms with Crippen LogP contribution in [0.4, 0.5) is 0 Å². The summed E-state index contributed by atoms with van der Waals surface area (Å²) in [5, 5.41) is 0. The summed E-state index contributed by atoms with van der Waals surface area (Å²) in [6.45, 7) is 28.8. The molecule has 0 bridgehead atoms. The van der Waals surface area contributed by atoms with Crippen molar-refractivity contribution in [3.63, 3.8) is 0 Å². The quantitative estimate of drug-likeness (QED) is 0.140. The van der Waals surface area contributed by atoms with Crippen LogP contribution >= 0.6 is 14.5 Å². The van der Waals surface area contributed by atoms with Crippen molar-refractivity contribution in [1.29, 1.82) is 0 Å². The van der Waals surface area contributed by atoms with E-state index in [0.717, 1.165) is 23.7 Å². The minimum absolute atomic E-state index is 0.879. The SMILES string of the molecule is CC(C)C[PH](CC(C)C)(CC(C)C)CC(C)C.CCCC[PH](CCCC)(CCCC)CCCC. The molecule has 212 valence electrons. The van der Waals surface area contributed by atoms with Crippen LogP contribution < -0.4 is 0 Å². The molecule has 0 aromatic heterocycles. The van der Waals surface area contributed by atoms with Gasteiger partial charge in [-0.1, -0.05) is 0 Å². The number of hydrogen-bond acceptors (Lipinski definition) is 0. The molecular weight excluding hydrogens is 446 g/mol. The van der Waals surface area contributed by atoms with Crippen LogP contribution in [0.25, 0.3) is 0 Å². The van der Waals surface area contributed by atoms with Gasteiger partial charge in [0.15, 0.2) is 0 Å². The van der Waals surface area contributed by atoms with Crippen molar-refractivity contribution in [2.24, 2.45) is 23.7 Å². The summed E-state index contributed by atoms with van der Waals surface area (Å²) in [5.74, 6) is 3.55. The molecule has 0 heterocycles. The summed E-state index contributed by atoms with van der Waals surface area (Å²) in [5.41, 5.74) is 0. The van der Waals surface area contributed by atoms with Gasteiger partial charge in [0.25, 0.3) is 0 Å². The summed E-state index contributed by atoms with van der Waals surface area (Å²) in [6.07, 6.45) is 24.3. The van der Waals surface area contributed by atoms with E-state index in [0.29, 0.717) is 0 Å². The first kappa shape index (κ1) is 37.0. The number of unbranched alkanes of at least 4 members (excludes halogenated alkanes) is 4. The molecular formula is C32H74P2. The predicted octanol–water partition coefficient (Wildman–Crippen LogP) is 11.3. The Labute approximate surface area is 221 Å². The van der Waals surface area contributed by atoms with Crippen molar-refractivity contribution in [3.05, 3.63) is 0 Å². The average Bonchev–Trinajstić information content (AvgIpc) is 2.71. The molecule has 0 N–H and O–H groups in total. The van der Waals surface area contributed by atoms with E-state index in [4.69, 9.17) is 0 Å². The number of rotatable bonds is 20. The third-order valence-electron chi connectivity index (χ3n) is 7.61. The van der Waals surface area contributed by atoms with Crippen LogP contribution in [-0.2, 0) is 0 Å². The van der Waals surface area contributed by atoms with Crippen molar-refractivity contribution in [1.82, 2.24) is 0 Å². The third-order valence-corrected chi connectivity index (χ3v) is 20.0. The van der Waals surface area contributed by atoms with Crippen LogP contribution in [0, 0.1) is 23.7 Å². The van der Waals surface area contributed by atoms with Gasteiger partial charge in [0.05, 0.1) is 0 Å². The Kier molecular flexibility index (Phi) is 23.8. The van der Waals surface area contributed by atoms with Gasteiger partial charge in [0.1, 0.15) is 0 Å². The molecule has 0 aliphatic rings. The zero-order valence-corrected chi connectivity index (χ0v) is 28.6. The van der Waals surface area contributed by atoms with Crippen LogP contribution in [0.5, 0.6) is 0 Å². The molecule has 0 unspecified atom stereocenters. The van der Waals surface area contributed by atoms with Gasteiger partial charge in [-0.05, 0) is 0 Å². The van der Waals surface area contributed by atoms with Crippen LogP contribution in [0.15, 0.2) is 0 Å². The fourth-order valence-electron chi connectivity index (χ4n) is 6.92. The molecule has 0 aromatic carbocycles. The van der Waals surface area contributed by atoms with Gasteiger partial charge in [-0.3, -0.25) is 0 Å². The zero-order chi connectivity index (χ0) is 26.6. The van der Waals surface area contributed by atoms with E-state index in [1.807, 2.05) is 0 Å². The van der Waals surface area contributed by atoms with Crippen molar-refractivity contribution in [2.75, 3.05) is 49.3 Å². The fourth-order valence-corrected chi connectivity index (χ4v) is 20.8. The second-order valence-electron chi connectivity index (χ2n) is 13.8. The molecule has 0 rings (SSSR count). The summed E-state index contributed by atoms with van der Waals surface area (Å²) in [7, 11) is -1.93. The summed E-state index contributed by atoms with van der Waals surface area (Å²) < 4.78 is 0. The second-order valence-corrected chi connectivity index (χ2v) is 23.4. The van der Waals surface area contributed by atoms with Crippen molar-refractivity contribution in [3.8, 4) is 0 Å². The van der Waals surface area contributed by atoms with Gasteiger partial charge >= 0.3 is 222 Å². The average molecular weight is 521 g/mol. The zero-order valence-electron chi connectivity index (χ0n) is 26.6. The molecule has 0 atom stereocenters. The van der Waals surface area contributed by atoms with Crippen molar-refractivity contribution >= 4 is 14.5 Å². The molecule has 0 aliphatic heterocycles. The topological polar surface area (TPSA) is 0 Å². The Bertz CT molecular complexity index is 342. The van der Waals surface area contributed by atoms with Crippen LogP contribution in [-0.4, -0.2) is 49.3 Å². The molecule has 0 nitrogen and oxygen atoms in total. The van der Waals surface area contributed by atoms with Gasteiger partial charge in [-0.15, -0.1) is 0 Å². The second kappa shape index (κ2) is 21.9. The summed E-state index contributed by atoms with van der Waals surface area (Å²) >= 11 is 0. The maximum atomic E-state index is 2.42. The van der Waals surface area contributed by atoms with Gasteiger partial charge in [-0.2, -0.15) is 0 Å². The first-order valence-electron chi connectivity index (χ1n) is 15.9. The molecule has 0 saturated carbocycles. The first-order chi connectivity index (χ1) is 15.9. The Balaban J connectivity index is 0. The third kappa shape index (κ3) is 20.0. The monoisotopic (exact) mass is 521 g/mol. The van der Waals surface area contributed by atoms with Crippen LogP contribution in [0.1, 0.15) is 134 Å². The molecule has 0 fully saturated rings. The molecule has 0 saturated heterocycles. The van der Waals surface area contributed by atoms with Gasteiger partial charge in [-0.25, -0.2) is 0 Å². The van der Waals surface area contributed by atoms with E-state index in [-0.39, 0.29) is 0 Å². The summed E-state index contributed by atoms with van der Waals surface area (Å²) in [6, 6.07) is 0. The predicted molar refractivity (Wildman–Crippen MR) is 175 cm³/mol. The first-order valence-corrected chi connectivity index (χ1v) is 21.6. The molecule has 0 aromatic rings.